The molecule has 0 aromatic heterocycles. The molecule has 5 nitrogen and oxygen atoms in total. The quantitative estimate of drug-likeness (QED) is 0.436. The third kappa shape index (κ3) is 5.20. The van der Waals surface area contributed by atoms with Gasteiger partial charge >= 0.3 is 0 Å². The molecule has 0 spiro atoms. The van der Waals surface area contributed by atoms with Crippen LogP contribution in [0.25, 0.3) is 0 Å². The van der Waals surface area contributed by atoms with Crippen molar-refractivity contribution in [3.05, 3.63) is 35.9 Å². The molecule has 0 aliphatic rings. The van der Waals surface area contributed by atoms with Crippen LogP contribution >= 0.6 is 11.6 Å². The highest BCUT2D eigenvalue weighted by Crippen LogP contribution is 2.23. The minimum absolute atomic E-state index is 0.00876. The lowest BCUT2D eigenvalue weighted by molar-refractivity contribution is 0.144. The lowest BCUT2D eigenvalue weighted by Gasteiger charge is -2.09. The van der Waals surface area contributed by atoms with E-state index in [-0.39, 0.29) is 16.5 Å². The van der Waals surface area contributed by atoms with Crippen molar-refractivity contribution in [2.24, 2.45) is 0 Å². The maximum Gasteiger partial charge on any atom is 0.242 e. The van der Waals surface area contributed by atoms with Gasteiger partial charge in [-0.1, -0.05) is 17.7 Å². The van der Waals surface area contributed by atoms with E-state index in [9.17, 15) is 8.42 Å². The van der Waals surface area contributed by atoms with Gasteiger partial charge in [-0.3, -0.25) is 0 Å². The lowest BCUT2D eigenvalue weighted by Crippen LogP contribution is -2.27. The van der Waals surface area contributed by atoms with Gasteiger partial charge in [-0.2, -0.15) is 0 Å². The molecule has 106 valence electrons. The summed E-state index contributed by atoms with van der Waals surface area (Å²) in [5, 5.41) is 0.0973. The number of anilines is 1. The molecule has 0 atom stereocenters. The summed E-state index contributed by atoms with van der Waals surface area (Å²) < 4.78 is 31.5. The van der Waals surface area contributed by atoms with Crippen molar-refractivity contribution in [1.29, 1.82) is 0 Å². The summed E-state index contributed by atoms with van der Waals surface area (Å²) in [6, 6.07) is 4.26. The molecule has 0 radical (unpaired) electrons. The summed E-state index contributed by atoms with van der Waals surface area (Å²) in [4.78, 5) is 0.00876. The number of nitrogens with one attached hydrogen (secondary N) is 1. The van der Waals surface area contributed by atoms with Gasteiger partial charge in [-0.15, -0.1) is 6.58 Å². The molecular formula is C12H17ClN2O3S. The fourth-order valence-corrected chi connectivity index (χ4v) is 2.89. The first-order valence-electron chi connectivity index (χ1n) is 5.70. The lowest BCUT2D eigenvalue weighted by atomic mass is 10.3. The van der Waals surface area contributed by atoms with Crippen LogP contribution in [-0.2, 0) is 14.8 Å². The van der Waals surface area contributed by atoms with E-state index < -0.39 is 10.0 Å². The summed E-state index contributed by atoms with van der Waals surface area (Å²) in [5.41, 5.74) is 5.92. The van der Waals surface area contributed by atoms with E-state index in [0.29, 0.717) is 18.9 Å². The first kappa shape index (κ1) is 16.0. The van der Waals surface area contributed by atoms with Gasteiger partial charge in [0.15, 0.2) is 0 Å². The minimum atomic E-state index is -3.64. The Hall–Kier alpha value is -1.08. The summed E-state index contributed by atoms with van der Waals surface area (Å²) >= 11 is 5.85. The molecule has 1 rings (SSSR count). The number of hydrogen-bond acceptors (Lipinski definition) is 4. The predicted octanol–water partition coefficient (Wildman–Crippen LogP) is 1.79. The SMILES string of the molecule is C=CCCOCCNS(=O)(=O)c1ccc(N)cc1Cl. The molecule has 7 heteroatoms. The van der Waals surface area contributed by atoms with E-state index in [0.717, 1.165) is 6.42 Å². The number of benzene rings is 1. The standard InChI is InChI=1S/C12H17ClN2O3S/c1-2-3-7-18-8-6-15-19(16,17)12-5-4-10(14)9-11(12)13/h2,4-5,9,15H,1,3,6-8,14H2. The molecule has 0 saturated heterocycles. The molecule has 0 amide bonds. The summed E-state index contributed by atoms with van der Waals surface area (Å²) in [6.07, 6.45) is 2.47. The number of rotatable bonds is 8. The molecule has 1 aromatic carbocycles. The van der Waals surface area contributed by atoms with Crippen LogP contribution in [-0.4, -0.2) is 28.2 Å². The van der Waals surface area contributed by atoms with Crippen molar-refractivity contribution in [2.45, 2.75) is 11.3 Å². The van der Waals surface area contributed by atoms with Gasteiger partial charge in [0.2, 0.25) is 10.0 Å². The van der Waals surface area contributed by atoms with Crippen molar-refractivity contribution in [2.75, 3.05) is 25.5 Å². The van der Waals surface area contributed by atoms with Crippen LogP contribution in [0.5, 0.6) is 0 Å². The van der Waals surface area contributed by atoms with E-state index in [1.54, 1.807) is 6.08 Å². The summed E-state index contributed by atoms with van der Waals surface area (Å²) in [6.45, 7) is 4.55. The smallest absolute Gasteiger partial charge is 0.242 e. The van der Waals surface area contributed by atoms with E-state index in [1.807, 2.05) is 0 Å². The highest BCUT2D eigenvalue weighted by atomic mass is 35.5. The second-order valence-corrected chi connectivity index (χ2v) is 5.92. The zero-order chi connectivity index (χ0) is 14.3. The van der Waals surface area contributed by atoms with Crippen molar-refractivity contribution in [3.8, 4) is 0 Å². The fourth-order valence-electron chi connectivity index (χ4n) is 1.33. The maximum atomic E-state index is 11.9. The van der Waals surface area contributed by atoms with Crippen molar-refractivity contribution in [3.63, 3.8) is 0 Å². The Morgan fingerprint density at radius 1 is 1.42 bits per heavy atom. The normalized spacial score (nSPS) is 11.4. The third-order valence-corrected chi connectivity index (χ3v) is 4.19. The Kier molecular flexibility index (Phi) is 6.30. The number of nitrogens with two attached hydrogens (primary N) is 1. The number of sulfonamides is 1. The highest BCUT2D eigenvalue weighted by molar-refractivity contribution is 7.89. The molecule has 0 aliphatic carbocycles. The average molecular weight is 305 g/mol. The first-order valence-corrected chi connectivity index (χ1v) is 7.57. The van der Waals surface area contributed by atoms with Crippen LogP contribution in [0.4, 0.5) is 5.69 Å². The van der Waals surface area contributed by atoms with Crippen molar-refractivity contribution < 1.29 is 13.2 Å². The Balaban J connectivity index is 2.54. The molecule has 0 aliphatic heterocycles. The zero-order valence-electron chi connectivity index (χ0n) is 10.4. The van der Waals surface area contributed by atoms with Crippen LogP contribution in [0, 0.1) is 0 Å². The van der Waals surface area contributed by atoms with Gasteiger partial charge in [-0.25, -0.2) is 13.1 Å². The molecule has 0 unspecified atom stereocenters. The second-order valence-electron chi connectivity index (χ2n) is 3.78. The molecule has 1 aromatic rings. The molecule has 19 heavy (non-hydrogen) atoms. The zero-order valence-corrected chi connectivity index (χ0v) is 12.0. The van der Waals surface area contributed by atoms with Crippen LogP contribution in [0.1, 0.15) is 6.42 Å². The Labute approximate surface area is 118 Å². The number of hydrogen-bond donors (Lipinski definition) is 2. The van der Waals surface area contributed by atoms with E-state index in [1.165, 1.54) is 18.2 Å². The minimum Gasteiger partial charge on any atom is -0.399 e. The number of nitrogen functional groups attached to an aromatic ring is 1. The van der Waals surface area contributed by atoms with Gasteiger partial charge in [0, 0.05) is 12.2 Å². The summed E-state index contributed by atoms with van der Waals surface area (Å²) in [5.74, 6) is 0. The van der Waals surface area contributed by atoms with Crippen molar-refractivity contribution in [1.82, 2.24) is 4.72 Å². The van der Waals surface area contributed by atoms with Gasteiger partial charge in [0.1, 0.15) is 4.90 Å². The van der Waals surface area contributed by atoms with Gasteiger partial charge in [-0.05, 0) is 24.6 Å². The van der Waals surface area contributed by atoms with Crippen LogP contribution in [0.3, 0.4) is 0 Å². The van der Waals surface area contributed by atoms with Crippen LogP contribution < -0.4 is 10.5 Å². The van der Waals surface area contributed by atoms with E-state index in [4.69, 9.17) is 22.1 Å². The Bertz CT molecular complexity index is 532. The largest absolute Gasteiger partial charge is 0.399 e. The first-order chi connectivity index (χ1) is 8.97. The highest BCUT2D eigenvalue weighted by Gasteiger charge is 2.17. The molecule has 0 heterocycles. The predicted molar refractivity (Wildman–Crippen MR) is 76.7 cm³/mol. The summed E-state index contributed by atoms with van der Waals surface area (Å²) in [7, 11) is -3.64. The molecule has 3 N–H and O–H groups in total. The van der Waals surface area contributed by atoms with Gasteiger partial charge in [0.05, 0.1) is 18.2 Å². The van der Waals surface area contributed by atoms with Gasteiger partial charge < -0.3 is 10.5 Å². The Morgan fingerprint density at radius 2 is 2.16 bits per heavy atom. The van der Waals surface area contributed by atoms with E-state index >= 15 is 0 Å². The molecular weight excluding hydrogens is 288 g/mol. The molecule has 0 bridgehead atoms. The average Bonchev–Trinajstić information content (AvgIpc) is 2.33. The molecule has 0 saturated carbocycles. The monoisotopic (exact) mass is 304 g/mol. The van der Waals surface area contributed by atoms with E-state index in [2.05, 4.69) is 11.3 Å². The van der Waals surface area contributed by atoms with Crippen LogP contribution in [0.15, 0.2) is 35.7 Å². The van der Waals surface area contributed by atoms with Crippen molar-refractivity contribution >= 4 is 27.3 Å². The Morgan fingerprint density at radius 3 is 2.79 bits per heavy atom. The van der Waals surface area contributed by atoms with Crippen LogP contribution in [0.2, 0.25) is 5.02 Å². The fraction of sp³-hybridized carbons (Fsp3) is 0.333. The maximum absolute atomic E-state index is 11.9. The number of halogens is 1. The number of ether oxygens (including phenoxy) is 1. The topological polar surface area (TPSA) is 81.4 Å². The third-order valence-electron chi connectivity index (χ3n) is 2.25. The van der Waals surface area contributed by atoms with Gasteiger partial charge in [0.25, 0.3) is 0 Å². The molecule has 0 fully saturated rings. The second kappa shape index (κ2) is 7.49.